The fourth-order valence-corrected chi connectivity index (χ4v) is 3.16. The smallest absolute Gasteiger partial charge is 0.145 e. The summed E-state index contributed by atoms with van der Waals surface area (Å²) in [7, 11) is 1.81. The van der Waals surface area contributed by atoms with Crippen molar-refractivity contribution in [3.8, 4) is 23.0 Å². The predicted octanol–water partition coefficient (Wildman–Crippen LogP) is 4.63. The summed E-state index contributed by atoms with van der Waals surface area (Å²) in [5, 5.41) is 1.96. The van der Waals surface area contributed by atoms with Gasteiger partial charge >= 0.3 is 0 Å². The molecule has 0 N–H and O–H groups in total. The van der Waals surface area contributed by atoms with Crippen molar-refractivity contribution in [1.29, 1.82) is 0 Å². The largest absolute Gasteiger partial charge is 0.496 e. The monoisotopic (exact) mass is 335 g/mol. The number of aromatic nitrogens is 1. The van der Waals surface area contributed by atoms with Gasteiger partial charge in [0.25, 0.3) is 0 Å². The van der Waals surface area contributed by atoms with Gasteiger partial charge in [-0.3, -0.25) is 0 Å². The first-order valence-corrected chi connectivity index (χ1v) is 11.4. The Morgan fingerprint density at radius 1 is 0.917 bits per heavy atom. The van der Waals surface area contributed by atoms with Crippen LogP contribution >= 0.6 is 0 Å². The number of hydrogen-bond donors (Lipinski definition) is 0. The lowest BCUT2D eigenvalue weighted by atomic mass is 10.0. The maximum Gasteiger partial charge on any atom is 0.145 e. The molecular weight excluding hydrogens is 314 g/mol. The van der Waals surface area contributed by atoms with E-state index < -0.39 is 8.07 Å². The minimum Gasteiger partial charge on any atom is -0.496 e. The number of para-hydroxylation sites is 1. The van der Waals surface area contributed by atoms with Gasteiger partial charge < -0.3 is 9.47 Å². The average molecular weight is 335 g/mol. The predicted molar refractivity (Wildman–Crippen MR) is 103 cm³/mol. The van der Waals surface area contributed by atoms with Gasteiger partial charge in [-0.1, -0.05) is 43.8 Å². The van der Waals surface area contributed by atoms with Crippen LogP contribution in [0, 0.1) is 11.5 Å². The van der Waals surface area contributed by atoms with E-state index in [2.05, 4.69) is 37.2 Å². The molecule has 0 amide bonds. The number of methoxy groups -OCH3 is 2. The van der Waals surface area contributed by atoms with E-state index in [4.69, 9.17) is 14.5 Å². The Morgan fingerprint density at radius 2 is 1.58 bits per heavy atom. The van der Waals surface area contributed by atoms with E-state index in [0.717, 1.165) is 38.9 Å². The number of pyridine rings is 1. The molecule has 0 saturated heterocycles. The van der Waals surface area contributed by atoms with Gasteiger partial charge in [-0.05, 0) is 18.2 Å². The van der Waals surface area contributed by atoms with Crippen LogP contribution in [0.15, 0.2) is 36.4 Å². The molecule has 122 valence electrons. The molecule has 2 aromatic carbocycles. The normalized spacial score (nSPS) is 11.2. The van der Waals surface area contributed by atoms with E-state index in [-0.39, 0.29) is 0 Å². The average Bonchev–Trinajstić information content (AvgIpc) is 2.56. The minimum absolute atomic E-state index is 0.729. The third-order valence-electron chi connectivity index (χ3n) is 3.76. The van der Waals surface area contributed by atoms with Gasteiger partial charge in [0.15, 0.2) is 0 Å². The van der Waals surface area contributed by atoms with Gasteiger partial charge in [0.1, 0.15) is 25.1 Å². The van der Waals surface area contributed by atoms with Crippen LogP contribution in [0.5, 0.6) is 11.5 Å². The zero-order chi connectivity index (χ0) is 17.3. The van der Waals surface area contributed by atoms with Crippen molar-refractivity contribution in [3.05, 3.63) is 42.0 Å². The fourth-order valence-electron chi connectivity index (χ4n) is 2.66. The molecule has 3 rings (SSSR count). The van der Waals surface area contributed by atoms with Crippen molar-refractivity contribution < 1.29 is 9.47 Å². The summed E-state index contributed by atoms with van der Waals surface area (Å²) in [6, 6.07) is 11.9. The van der Waals surface area contributed by atoms with Gasteiger partial charge in [0, 0.05) is 10.9 Å². The first-order chi connectivity index (χ1) is 11.4. The molecule has 0 atom stereocenters. The van der Waals surface area contributed by atoms with Crippen LogP contribution in [-0.2, 0) is 0 Å². The number of nitrogens with zero attached hydrogens (tertiary/aromatic N) is 1. The van der Waals surface area contributed by atoms with Crippen molar-refractivity contribution in [2.75, 3.05) is 14.2 Å². The van der Waals surface area contributed by atoms with Crippen molar-refractivity contribution in [2.45, 2.75) is 19.6 Å². The first kappa shape index (κ1) is 16.3. The molecule has 0 unspecified atom stereocenters. The second-order valence-electron chi connectivity index (χ2n) is 6.70. The summed E-state index contributed by atoms with van der Waals surface area (Å²) in [4.78, 5) is 4.80. The quantitative estimate of drug-likeness (QED) is 0.388. The van der Waals surface area contributed by atoms with Crippen molar-refractivity contribution in [1.82, 2.24) is 4.98 Å². The Kier molecular flexibility index (Phi) is 4.21. The third kappa shape index (κ3) is 2.95. The van der Waals surface area contributed by atoms with E-state index in [0.29, 0.717) is 0 Å². The van der Waals surface area contributed by atoms with Crippen LogP contribution in [-0.4, -0.2) is 27.3 Å². The summed E-state index contributed by atoms with van der Waals surface area (Å²) >= 11 is 0. The molecule has 0 radical (unpaired) electrons. The highest BCUT2D eigenvalue weighted by molar-refractivity contribution is 6.83. The number of ether oxygens (including phenoxy) is 2. The highest BCUT2D eigenvalue weighted by Crippen LogP contribution is 2.37. The Morgan fingerprint density at radius 3 is 2.25 bits per heavy atom. The summed E-state index contributed by atoms with van der Waals surface area (Å²) in [6.45, 7) is 6.72. The van der Waals surface area contributed by atoms with Gasteiger partial charge in [-0.15, -0.1) is 5.54 Å². The second kappa shape index (κ2) is 6.18. The Balaban J connectivity index is 2.52. The lowest BCUT2D eigenvalue weighted by Crippen LogP contribution is -2.16. The van der Waals surface area contributed by atoms with Crippen LogP contribution in [0.4, 0.5) is 0 Å². The molecule has 0 spiro atoms. The SMILES string of the molecule is COc1ccc(OC)c2c(C#C[Si](C)(C)C)c3ccccc3nc12. The molecule has 0 saturated carbocycles. The lowest BCUT2D eigenvalue weighted by molar-refractivity contribution is 0.410. The molecular formula is C20H21NO2Si. The minimum atomic E-state index is -1.52. The lowest BCUT2D eigenvalue weighted by Gasteiger charge is -2.13. The summed E-state index contributed by atoms with van der Waals surface area (Å²) < 4.78 is 11.1. The molecule has 0 aliphatic heterocycles. The van der Waals surface area contributed by atoms with E-state index in [1.165, 1.54) is 0 Å². The van der Waals surface area contributed by atoms with E-state index in [1.54, 1.807) is 14.2 Å². The number of rotatable bonds is 2. The van der Waals surface area contributed by atoms with Crippen molar-refractivity contribution in [3.63, 3.8) is 0 Å². The Hall–Kier alpha value is -2.51. The van der Waals surface area contributed by atoms with Gasteiger partial charge in [-0.25, -0.2) is 4.98 Å². The van der Waals surface area contributed by atoms with Crippen LogP contribution in [0.25, 0.3) is 21.8 Å². The molecule has 24 heavy (non-hydrogen) atoms. The van der Waals surface area contributed by atoms with Crippen molar-refractivity contribution in [2.24, 2.45) is 0 Å². The molecule has 3 nitrogen and oxygen atoms in total. The topological polar surface area (TPSA) is 31.4 Å². The molecule has 0 fully saturated rings. The van der Waals surface area contributed by atoms with E-state index >= 15 is 0 Å². The molecule has 0 bridgehead atoms. The molecule has 4 heteroatoms. The maximum absolute atomic E-state index is 5.60. The highest BCUT2D eigenvalue weighted by Gasteiger charge is 2.16. The van der Waals surface area contributed by atoms with Crippen LogP contribution in [0.1, 0.15) is 5.56 Å². The van der Waals surface area contributed by atoms with Crippen molar-refractivity contribution >= 4 is 29.9 Å². The zero-order valence-corrected chi connectivity index (χ0v) is 15.7. The fraction of sp³-hybridized carbons (Fsp3) is 0.250. The zero-order valence-electron chi connectivity index (χ0n) is 14.7. The summed E-state index contributed by atoms with van der Waals surface area (Å²) in [5.41, 5.74) is 6.14. The first-order valence-electron chi connectivity index (χ1n) is 7.91. The standard InChI is InChI=1S/C20H21NO2Si/c1-22-17-10-11-18(23-2)20-19(17)15(12-13-24(3,4)5)14-8-6-7-9-16(14)21-20/h6-11H,1-5H3. The second-order valence-corrected chi connectivity index (χ2v) is 11.4. The highest BCUT2D eigenvalue weighted by atomic mass is 28.3. The molecule has 1 aromatic heterocycles. The van der Waals surface area contributed by atoms with Gasteiger partial charge in [-0.2, -0.15) is 0 Å². The number of fused-ring (bicyclic) bond motifs is 2. The summed E-state index contributed by atoms with van der Waals surface area (Å²) in [5.74, 6) is 4.93. The molecule has 0 aliphatic carbocycles. The molecule has 3 aromatic rings. The number of hydrogen-bond acceptors (Lipinski definition) is 3. The van der Waals surface area contributed by atoms with Gasteiger partial charge in [0.05, 0.1) is 25.1 Å². The van der Waals surface area contributed by atoms with Crippen LogP contribution < -0.4 is 9.47 Å². The van der Waals surface area contributed by atoms with E-state index in [1.807, 2.05) is 30.3 Å². The Bertz CT molecular complexity index is 978. The van der Waals surface area contributed by atoms with Crippen LogP contribution in [0.2, 0.25) is 19.6 Å². The van der Waals surface area contributed by atoms with Crippen LogP contribution in [0.3, 0.4) is 0 Å². The van der Waals surface area contributed by atoms with E-state index in [9.17, 15) is 0 Å². The number of benzene rings is 2. The van der Waals surface area contributed by atoms with Gasteiger partial charge in [0.2, 0.25) is 0 Å². The Labute approximate surface area is 143 Å². The third-order valence-corrected chi connectivity index (χ3v) is 4.64. The maximum atomic E-state index is 5.60. The molecule has 1 heterocycles. The molecule has 0 aliphatic rings. The summed E-state index contributed by atoms with van der Waals surface area (Å²) in [6.07, 6.45) is 0.